The van der Waals surface area contributed by atoms with Crippen molar-refractivity contribution in [3.63, 3.8) is 0 Å². The quantitative estimate of drug-likeness (QED) is 0.430. The topological polar surface area (TPSA) is 93.2 Å². The van der Waals surface area contributed by atoms with E-state index in [0.29, 0.717) is 12.2 Å². The van der Waals surface area contributed by atoms with Gasteiger partial charge in [0.1, 0.15) is 5.84 Å². The maximum atomic E-state index is 12.0. The first-order valence-corrected chi connectivity index (χ1v) is 7.87. The molecule has 0 saturated heterocycles. The van der Waals surface area contributed by atoms with E-state index in [9.17, 15) is 8.42 Å². The fraction of sp³-hybridized carbons (Fsp3) is 0.462. The summed E-state index contributed by atoms with van der Waals surface area (Å²) in [6.45, 7) is 2.85. The number of ether oxygens (including phenoxy) is 1. The van der Waals surface area contributed by atoms with Crippen molar-refractivity contribution < 1.29 is 13.2 Å². The first-order valence-electron chi connectivity index (χ1n) is 6.22. The molecule has 0 heterocycles. The van der Waals surface area contributed by atoms with Crippen LogP contribution in [0.3, 0.4) is 0 Å². The van der Waals surface area contributed by atoms with Crippen molar-refractivity contribution in [1.82, 2.24) is 0 Å². The lowest BCUT2D eigenvalue weighted by atomic mass is 10.2. The smallest absolute Gasteiger partial charge is 0.180 e. The van der Waals surface area contributed by atoms with E-state index in [0.717, 1.165) is 12.8 Å². The molecule has 3 N–H and O–H groups in total. The van der Waals surface area contributed by atoms with Gasteiger partial charge in [0.15, 0.2) is 9.84 Å². The summed E-state index contributed by atoms with van der Waals surface area (Å²) in [7, 11) is -3.33. The highest BCUT2D eigenvalue weighted by atomic mass is 32.2. The van der Waals surface area contributed by atoms with Gasteiger partial charge in [-0.2, -0.15) is 0 Å². The third-order valence-corrected chi connectivity index (χ3v) is 4.36. The zero-order valence-electron chi connectivity index (χ0n) is 11.1. The summed E-state index contributed by atoms with van der Waals surface area (Å²) in [6, 6.07) is 6.01. The van der Waals surface area contributed by atoms with E-state index in [1.54, 1.807) is 0 Å². The van der Waals surface area contributed by atoms with Crippen LogP contribution in [0.25, 0.3) is 0 Å². The van der Waals surface area contributed by atoms with E-state index in [1.165, 1.54) is 24.3 Å². The highest BCUT2D eigenvalue weighted by Crippen LogP contribution is 2.12. The molecule has 0 amide bonds. The number of nitrogens with one attached hydrogen (secondary N) is 1. The Bertz CT molecular complexity index is 509. The van der Waals surface area contributed by atoms with Crippen LogP contribution in [0.1, 0.15) is 25.3 Å². The van der Waals surface area contributed by atoms with Gasteiger partial charge < -0.3 is 10.5 Å². The van der Waals surface area contributed by atoms with Crippen molar-refractivity contribution in [2.45, 2.75) is 24.7 Å². The molecule has 1 aromatic carbocycles. The summed E-state index contributed by atoms with van der Waals surface area (Å²) in [5, 5.41) is 7.25. The Kier molecular flexibility index (Phi) is 5.98. The molecule has 0 radical (unpaired) electrons. The van der Waals surface area contributed by atoms with Crippen molar-refractivity contribution in [2.75, 3.05) is 19.0 Å². The van der Waals surface area contributed by atoms with Crippen LogP contribution in [0, 0.1) is 5.41 Å². The molecule has 0 spiro atoms. The summed E-state index contributed by atoms with van der Waals surface area (Å²) in [5.41, 5.74) is 5.83. The molecule has 0 aliphatic carbocycles. The van der Waals surface area contributed by atoms with Crippen LogP contribution in [0.4, 0.5) is 0 Å². The van der Waals surface area contributed by atoms with Crippen molar-refractivity contribution in [2.24, 2.45) is 5.73 Å². The van der Waals surface area contributed by atoms with Crippen molar-refractivity contribution >= 4 is 15.7 Å². The molecule has 106 valence electrons. The molecule has 0 unspecified atom stereocenters. The largest absolute Gasteiger partial charge is 0.384 e. The number of amidine groups is 1. The Morgan fingerprint density at radius 2 is 1.89 bits per heavy atom. The summed E-state index contributed by atoms with van der Waals surface area (Å²) >= 11 is 0. The highest BCUT2D eigenvalue weighted by molar-refractivity contribution is 7.91. The molecule has 19 heavy (non-hydrogen) atoms. The summed E-state index contributed by atoms with van der Waals surface area (Å²) in [6.07, 6.45) is 1.96. The summed E-state index contributed by atoms with van der Waals surface area (Å²) in [5.74, 6) is -0.109. The number of unbranched alkanes of at least 4 members (excludes halogenated alkanes) is 1. The molecule has 5 nitrogen and oxygen atoms in total. The number of nitrogens with two attached hydrogens (primary N) is 1. The highest BCUT2D eigenvalue weighted by Gasteiger charge is 2.14. The lowest BCUT2D eigenvalue weighted by molar-refractivity contribution is 0.146. The fourth-order valence-electron chi connectivity index (χ4n) is 1.48. The van der Waals surface area contributed by atoms with Gasteiger partial charge in [-0.3, -0.25) is 5.41 Å². The second-order valence-electron chi connectivity index (χ2n) is 4.22. The lowest BCUT2D eigenvalue weighted by Crippen LogP contribution is -2.14. The van der Waals surface area contributed by atoms with Crippen molar-refractivity contribution in [3.05, 3.63) is 29.8 Å². The molecule has 0 aliphatic rings. The predicted octanol–water partition coefficient (Wildman–Crippen LogP) is 1.56. The van der Waals surface area contributed by atoms with E-state index in [-0.39, 0.29) is 23.1 Å². The fourth-order valence-corrected chi connectivity index (χ4v) is 2.60. The Hall–Kier alpha value is -1.40. The van der Waals surface area contributed by atoms with E-state index in [4.69, 9.17) is 15.9 Å². The molecule has 0 saturated carbocycles. The molecular weight excluding hydrogens is 264 g/mol. The number of benzene rings is 1. The maximum absolute atomic E-state index is 12.0. The van der Waals surface area contributed by atoms with Gasteiger partial charge in [0.05, 0.1) is 17.3 Å². The first-order chi connectivity index (χ1) is 8.97. The van der Waals surface area contributed by atoms with Gasteiger partial charge in [0.25, 0.3) is 0 Å². The molecule has 0 atom stereocenters. The Morgan fingerprint density at radius 3 is 2.42 bits per heavy atom. The average Bonchev–Trinajstić information content (AvgIpc) is 2.38. The number of sulfone groups is 1. The minimum absolute atomic E-state index is 0.0316. The maximum Gasteiger partial charge on any atom is 0.180 e. The first kappa shape index (κ1) is 15.7. The minimum atomic E-state index is -3.33. The Labute approximate surface area is 114 Å². The van der Waals surface area contributed by atoms with Crippen LogP contribution >= 0.6 is 0 Å². The Balaban J connectivity index is 2.59. The van der Waals surface area contributed by atoms with Gasteiger partial charge in [-0.25, -0.2) is 8.42 Å². The molecule has 1 aromatic rings. The second kappa shape index (κ2) is 7.25. The van der Waals surface area contributed by atoms with E-state index < -0.39 is 9.84 Å². The molecule has 0 aliphatic heterocycles. The third kappa shape index (κ3) is 5.00. The molecule has 6 heteroatoms. The van der Waals surface area contributed by atoms with Gasteiger partial charge in [-0.05, 0) is 18.6 Å². The summed E-state index contributed by atoms with van der Waals surface area (Å²) < 4.78 is 29.2. The predicted molar refractivity (Wildman–Crippen MR) is 75.2 cm³/mol. The normalized spacial score (nSPS) is 11.4. The molecule has 0 bridgehead atoms. The zero-order chi connectivity index (χ0) is 14.3. The molecule has 0 aromatic heterocycles. The second-order valence-corrected chi connectivity index (χ2v) is 6.33. The Morgan fingerprint density at radius 1 is 1.26 bits per heavy atom. The lowest BCUT2D eigenvalue weighted by Gasteiger charge is -2.06. The van der Waals surface area contributed by atoms with Crippen LogP contribution in [0.2, 0.25) is 0 Å². The van der Waals surface area contributed by atoms with E-state index >= 15 is 0 Å². The monoisotopic (exact) mass is 284 g/mol. The number of rotatable bonds is 8. The number of hydrogen-bond donors (Lipinski definition) is 2. The minimum Gasteiger partial charge on any atom is -0.384 e. The van der Waals surface area contributed by atoms with Crippen LogP contribution in [0.5, 0.6) is 0 Å². The molecular formula is C13H20N2O3S. The number of hydrogen-bond acceptors (Lipinski definition) is 4. The van der Waals surface area contributed by atoms with Crippen LogP contribution in [-0.2, 0) is 14.6 Å². The van der Waals surface area contributed by atoms with Gasteiger partial charge in [-0.1, -0.05) is 25.5 Å². The van der Waals surface area contributed by atoms with Gasteiger partial charge in [-0.15, -0.1) is 0 Å². The van der Waals surface area contributed by atoms with Crippen molar-refractivity contribution in [3.8, 4) is 0 Å². The van der Waals surface area contributed by atoms with E-state index in [2.05, 4.69) is 6.92 Å². The van der Waals surface area contributed by atoms with Crippen molar-refractivity contribution in [1.29, 1.82) is 5.41 Å². The van der Waals surface area contributed by atoms with Crippen LogP contribution in [-0.4, -0.2) is 33.2 Å². The van der Waals surface area contributed by atoms with Crippen LogP contribution in [0.15, 0.2) is 29.2 Å². The summed E-state index contributed by atoms with van der Waals surface area (Å²) in [4.78, 5) is 0.233. The van der Waals surface area contributed by atoms with Crippen LogP contribution < -0.4 is 5.73 Å². The number of nitrogen functional groups attached to an aromatic ring is 1. The SMILES string of the molecule is CCCCOCCS(=O)(=O)c1ccc(C(=N)N)cc1. The molecule has 0 fully saturated rings. The molecule has 1 rings (SSSR count). The third-order valence-electron chi connectivity index (χ3n) is 2.66. The van der Waals surface area contributed by atoms with E-state index in [1.807, 2.05) is 0 Å². The van der Waals surface area contributed by atoms with Gasteiger partial charge in [0, 0.05) is 12.2 Å². The van der Waals surface area contributed by atoms with Gasteiger partial charge in [0.2, 0.25) is 0 Å². The van der Waals surface area contributed by atoms with Gasteiger partial charge >= 0.3 is 0 Å². The average molecular weight is 284 g/mol. The zero-order valence-corrected chi connectivity index (χ0v) is 11.9. The standard InChI is InChI=1S/C13H20N2O3S/c1-2-3-8-18-9-10-19(16,17)12-6-4-11(5-7-12)13(14)15/h4-7H,2-3,8-10H2,1H3,(H3,14,15).